The lowest BCUT2D eigenvalue weighted by atomic mass is 10.0. The predicted molar refractivity (Wildman–Crippen MR) is 104 cm³/mol. The lowest BCUT2D eigenvalue weighted by Gasteiger charge is -2.33. The lowest BCUT2D eigenvalue weighted by Crippen LogP contribution is -2.43. The van der Waals surface area contributed by atoms with E-state index in [0.717, 1.165) is 19.4 Å². The Morgan fingerprint density at radius 3 is 2.92 bits per heavy atom. The first-order valence-electron chi connectivity index (χ1n) is 9.02. The third-order valence-corrected chi connectivity index (χ3v) is 5.75. The van der Waals surface area contributed by atoms with Gasteiger partial charge in [-0.25, -0.2) is 4.98 Å². The van der Waals surface area contributed by atoms with E-state index in [4.69, 9.17) is 4.74 Å². The molecule has 1 aliphatic heterocycles. The monoisotopic (exact) mass is 375 g/mol. The summed E-state index contributed by atoms with van der Waals surface area (Å²) in [7, 11) is 1.60. The molecule has 6 nitrogen and oxygen atoms in total. The Morgan fingerprint density at radius 2 is 2.15 bits per heavy atom. The maximum atomic E-state index is 12.8. The van der Waals surface area contributed by atoms with Crippen LogP contribution >= 0.6 is 11.8 Å². The van der Waals surface area contributed by atoms with Gasteiger partial charge >= 0.3 is 0 Å². The highest BCUT2D eigenvalue weighted by Gasteiger charge is 2.23. The summed E-state index contributed by atoms with van der Waals surface area (Å²) < 4.78 is 6.75. The van der Waals surface area contributed by atoms with Crippen molar-refractivity contribution in [3.05, 3.63) is 34.6 Å². The molecule has 1 amide bonds. The van der Waals surface area contributed by atoms with Crippen LogP contribution in [0.2, 0.25) is 0 Å². The smallest absolute Gasteiger partial charge is 0.262 e. The van der Waals surface area contributed by atoms with Crippen LogP contribution in [-0.4, -0.2) is 52.4 Å². The molecule has 0 N–H and O–H groups in total. The van der Waals surface area contributed by atoms with Crippen molar-refractivity contribution in [2.75, 3.05) is 26.0 Å². The Kier molecular flexibility index (Phi) is 6.32. The van der Waals surface area contributed by atoms with Crippen molar-refractivity contribution in [2.24, 2.45) is 0 Å². The minimum Gasteiger partial charge on any atom is -0.383 e. The number of benzene rings is 1. The first-order chi connectivity index (χ1) is 12.6. The molecule has 1 aromatic heterocycles. The Labute approximate surface area is 157 Å². The molecule has 0 aliphatic carbocycles. The van der Waals surface area contributed by atoms with Gasteiger partial charge in [-0.05, 0) is 38.3 Å². The van der Waals surface area contributed by atoms with Crippen molar-refractivity contribution < 1.29 is 9.53 Å². The summed E-state index contributed by atoms with van der Waals surface area (Å²) in [6.45, 7) is 3.76. The van der Waals surface area contributed by atoms with Crippen LogP contribution in [0.4, 0.5) is 0 Å². The number of hydrogen-bond acceptors (Lipinski definition) is 5. The van der Waals surface area contributed by atoms with Crippen LogP contribution in [0.25, 0.3) is 10.9 Å². The Hall–Kier alpha value is -1.86. The number of piperidine rings is 1. The van der Waals surface area contributed by atoms with Gasteiger partial charge in [0.25, 0.3) is 5.56 Å². The second-order valence-electron chi connectivity index (χ2n) is 6.58. The largest absolute Gasteiger partial charge is 0.383 e. The molecule has 1 aromatic carbocycles. The highest BCUT2D eigenvalue weighted by molar-refractivity contribution is 7.99. The molecule has 1 aliphatic rings. The molecule has 7 heteroatoms. The number of amides is 1. The second kappa shape index (κ2) is 8.68. The number of methoxy groups -OCH3 is 1. The predicted octanol–water partition coefficient (Wildman–Crippen LogP) is 2.54. The molecule has 1 atom stereocenters. The fraction of sp³-hybridized carbons (Fsp3) is 0.526. The van der Waals surface area contributed by atoms with E-state index in [9.17, 15) is 9.59 Å². The maximum Gasteiger partial charge on any atom is 0.262 e. The number of nitrogens with zero attached hydrogens (tertiary/aromatic N) is 3. The summed E-state index contributed by atoms with van der Waals surface area (Å²) in [6, 6.07) is 7.60. The summed E-state index contributed by atoms with van der Waals surface area (Å²) in [6.07, 6.45) is 3.30. The number of likely N-dealkylation sites (tertiary alicyclic amines) is 1. The third kappa shape index (κ3) is 4.10. The number of thioether (sulfide) groups is 1. The maximum absolute atomic E-state index is 12.8. The van der Waals surface area contributed by atoms with E-state index in [-0.39, 0.29) is 17.5 Å². The molecule has 0 saturated carbocycles. The van der Waals surface area contributed by atoms with Crippen LogP contribution in [0.15, 0.2) is 34.2 Å². The van der Waals surface area contributed by atoms with Gasteiger partial charge < -0.3 is 9.64 Å². The number of hydrogen-bond donors (Lipinski definition) is 0. The SMILES string of the molecule is COCCn1c(SCC(=O)N2CCCCC2C)nc2ccccc2c1=O. The first-order valence-corrected chi connectivity index (χ1v) is 10.0. The molecule has 0 radical (unpaired) electrons. The van der Waals surface area contributed by atoms with E-state index in [1.807, 2.05) is 23.1 Å². The summed E-state index contributed by atoms with van der Waals surface area (Å²) in [4.78, 5) is 32.0. The van der Waals surface area contributed by atoms with Gasteiger partial charge in [-0.3, -0.25) is 14.2 Å². The van der Waals surface area contributed by atoms with Gasteiger partial charge in [0.15, 0.2) is 5.16 Å². The number of aromatic nitrogens is 2. The van der Waals surface area contributed by atoms with Gasteiger partial charge in [-0.2, -0.15) is 0 Å². The number of rotatable bonds is 6. The molecule has 2 aromatic rings. The van der Waals surface area contributed by atoms with Crippen molar-refractivity contribution in [3.63, 3.8) is 0 Å². The quantitative estimate of drug-likeness (QED) is 0.573. The van der Waals surface area contributed by atoms with E-state index in [1.54, 1.807) is 17.7 Å². The van der Waals surface area contributed by atoms with Gasteiger partial charge in [-0.15, -0.1) is 0 Å². The normalized spacial score (nSPS) is 17.6. The van der Waals surface area contributed by atoms with E-state index in [2.05, 4.69) is 11.9 Å². The minimum absolute atomic E-state index is 0.0889. The van der Waals surface area contributed by atoms with Gasteiger partial charge in [-0.1, -0.05) is 23.9 Å². The number of carbonyl (C=O) groups excluding carboxylic acids is 1. The van der Waals surface area contributed by atoms with E-state index in [0.29, 0.717) is 35.0 Å². The summed E-state index contributed by atoms with van der Waals surface area (Å²) in [5.41, 5.74) is 0.571. The molecular weight excluding hydrogens is 350 g/mol. The van der Waals surface area contributed by atoms with E-state index in [1.165, 1.54) is 18.2 Å². The van der Waals surface area contributed by atoms with Crippen molar-refractivity contribution in [3.8, 4) is 0 Å². The molecule has 1 unspecified atom stereocenters. The molecule has 2 heterocycles. The van der Waals surface area contributed by atoms with Gasteiger partial charge in [0.2, 0.25) is 5.91 Å². The third-order valence-electron chi connectivity index (χ3n) is 4.79. The van der Waals surface area contributed by atoms with Crippen LogP contribution in [-0.2, 0) is 16.1 Å². The molecule has 1 fully saturated rings. The first kappa shape index (κ1) is 18.9. The minimum atomic E-state index is -0.0889. The topological polar surface area (TPSA) is 64.4 Å². The second-order valence-corrected chi connectivity index (χ2v) is 7.52. The fourth-order valence-corrected chi connectivity index (χ4v) is 4.23. The lowest BCUT2D eigenvalue weighted by molar-refractivity contribution is -0.131. The van der Waals surface area contributed by atoms with Crippen molar-refractivity contribution in [1.82, 2.24) is 14.5 Å². The number of para-hydroxylation sites is 1. The van der Waals surface area contributed by atoms with E-state index < -0.39 is 0 Å². The summed E-state index contributed by atoms with van der Waals surface area (Å²) in [5.74, 6) is 0.408. The highest BCUT2D eigenvalue weighted by Crippen LogP contribution is 2.21. The molecule has 26 heavy (non-hydrogen) atoms. The van der Waals surface area contributed by atoms with Crippen LogP contribution < -0.4 is 5.56 Å². The average Bonchev–Trinajstić information content (AvgIpc) is 2.66. The molecule has 140 valence electrons. The Balaban J connectivity index is 1.83. The van der Waals surface area contributed by atoms with Crippen LogP contribution in [0.3, 0.4) is 0 Å². The van der Waals surface area contributed by atoms with Crippen LogP contribution in [0.5, 0.6) is 0 Å². The molecule has 0 spiro atoms. The van der Waals surface area contributed by atoms with Crippen molar-refractivity contribution in [1.29, 1.82) is 0 Å². The van der Waals surface area contributed by atoms with Crippen molar-refractivity contribution >= 4 is 28.6 Å². The molecule has 1 saturated heterocycles. The summed E-state index contributed by atoms with van der Waals surface area (Å²) in [5, 5.41) is 1.16. The number of ether oxygens (including phenoxy) is 1. The van der Waals surface area contributed by atoms with Crippen molar-refractivity contribution in [2.45, 2.75) is 43.9 Å². The Morgan fingerprint density at radius 1 is 1.35 bits per heavy atom. The standard InChI is InChI=1S/C19H25N3O3S/c1-14-7-5-6-10-21(14)17(23)13-26-19-20-16-9-4-3-8-15(16)18(24)22(19)11-12-25-2/h3-4,8-9,14H,5-7,10-13H2,1-2H3. The zero-order chi connectivity index (χ0) is 18.5. The zero-order valence-corrected chi connectivity index (χ0v) is 16.1. The van der Waals surface area contributed by atoms with E-state index >= 15 is 0 Å². The number of carbonyl (C=O) groups is 1. The Bertz CT molecular complexity index is 836. The van der Waals surface area contributed by atoms with Gasteiger partial charge in [0, 0.05) is 19.7 Å². The zero-order valence-electron chi connectivity index (χ0n) is 15.3. The average molecular weight is 375 g/mol. The van der Waals surface area contributed by atoms with Gasteiger partial charge in [0.05, 0.1) is 29.8 Å². The summed E-state index contributed by atoms with van der Waals surface area (Å²) >= 11 is 1.34. The number of fused-ring (bicyclic) bond motifs is 1. The molecule has 3 rings (SSSR count). The highest BCUT2D eigenvalue weighted by atomic mass is 32.2. The molecule has 0 bridgehead atoms. The fourth-order valence-electron chi connectivity index (χ4n) is 3.32. The van der Waals surface area contributed by atoms with Crippen LogP contribution in [0, 0.1) is 0 Å². The van der Waals surface area contributed by atoms with Gasteiger partial charge in [0.1, 0.15) is 0 Å². The molecular formula is C19H25N3O3S. The van der Waals surface area contributed by atoms with Crippen LogP contribution in [0.1, 0.15) is 26.2 Å².